The number of ether oxygens (including phenoxy) is 1. The smallest absolute Gasteiger partial charge is 0.228 e. The van der Waals surface area contributed by atoms with E-state index < -0.39 is 0 Å². The number of carbonyl (C=O) groups excluding carboxylic acids is 1. The Kier molecular flexibility index (Phi) is 4.80. The van der Waals surface area contributed by atoms with Crippen molar-refractivity contribution in [2.75, 3.05) is 12.4 Å². The summed E-state index contributed by atoms with van der Waals surface area (Å²) in [4.78, 5) is 22.3. The maximum Gasteiger partial charge on any atom is 0.228 e. The number of benzene rings is 2. The molecule has 0 radical (unpaired) electrons. The Morgan fingerprint density at radius 2 is 2.00 bits per heavy atom. The number of aromatic nitrogens is 2. The Hall–Kier alpha value is -3.25. The minimum absolute atomic E-state index is 0.0948. The van der Waals surface area contributed by atoms with E-state index in [2.05, 4.69) is 15.3 Å². The van der Waals surface area contributed by atoms with Gasteiger partial charge >= 0.3 is 0 Å². The maximum atomic E-state index is 12.4. The third kappa shape index (κ3) is 3.80. The number of hydrogen-bond donors (Lipinski definition) is 1. The van der Waals surface area contributed by atoms with Gasteiger partial charge in [0.2, 0.25) is 5.91 Å². The van der Waals surface area contributed by atoms with Crippen molar-refractivity contribution in [3.05, 3.63) is 72.4 Å². The number of methoxy groups -OCH3 is 1. The normalized spacial score (nSPS) is 10.7. The van der Waals surface area contributed by atoms with Crippen LogP contribution in [0.3, 0.4) is 0 Å². The first-order valence-electron chi connectivity index (χ1n) is 8.46. The van der Waals surface area contributed by atoms with E-state index in [1.807, 2.05) is 60.7 Å². The molecule has 0 aliphatic heterocycles. The molecule has 5 nitrogen and oxygen atoms in total. The third-order valence-corrected chi connectivity index (χ3v) is 5.13. The maximum absolute atomic E-state index is 12.4. The summed E-state index contributed by atoms with van der Waals surface area (Å²) in [7, 11) is 1.60. The lowest BCUT2D eigenvalue weighted by Gasteiger charge is -2.09. The standard InChI is InChI=1S/C21H17N3O2S/c1-26-18-10-3-2-6-14(18)13-19(25)23-16-8-4-7-15(12-16)20-24-17-9-5-11-22-21(17)27-20/h2-12H,13H2,1H3,(H,23,25). The van der Waals surface area contributed by atoms with E-state index in [0.717, 1.165) is 32.2 Å². The van der Waals surface area contributed by atoms with Crippen LogP contribution in [0, 0.1) is 0 Å². The number of carbonyl (C=O) groups is 1. The van der Waals surface area contributed by atoms with Crippen LogP contribution in [0.25, 0.3) is 20.9 Å². The Morgan fingerprint density at radius 1 is 1.11 bits per heavy atom. The highest BCUT2D eigenvalue weighted by atomic mass is 32.1. The molecule has 2 aromatic heterocycles. The molecule has 27 heavy (non-hydrogen) atoms. The molecule has 2 heterocycles. The molecule has 0 aliphatic rings. The zero-order valence-electron chi connectivity index (χ0n) is 14.7. The number of amides is 1. The molecule has 1 amide bonds. The van der Waals surface area contributed by atoms with Crippen molar-refractivity contribution in [3.63, 3.8) is 0 Å². The molecule has 0 saturated carbocycles. The first kappa shape index (κ1) is 17.2. The van der Waals surface area contributed by atoms with Gasteiger partial charge in [-0.1, -0.05) is 41.7 Å². The number of hydrogen-bond acceptors (Lipinski definition) is 5. The van der Waals surface area contributed by atoms with Gasteiger partial charge in [-0.15, -0.1) is 0 Å². The van der Waals surface area contributed by atoms with Gasteiger partial charge in [-0.3, -0.25) is 4.79 Å². The van der Waals surface area contributed by atoms with Crippen molar-refractivity contribution < 1.29 is 9.53 Å². The second-order valence-corrected chi connectivity index (χ2v) is 6.94. The van der Waals surface area contributed by atoms with Crippen molar-refractivity contribution in [3.8, 4) is 16.3 Å². The minimum atomic E-state index is -0.0948. The first-order chi connectivity index (χ1) is 13.2. The highest BCUT2D eigenvalue weighted by molar-refractivity contribution is 7.21. The van der Waals surface area contributed by atoms with Crippen LogP contribution >= 0.6 is 11.3 Å². The average Bonchev–Trinajstić information content (AvgIpc) is 3.13. The molecule has 0 saturated heterocycles. The lowest BCUT2D eigenvalue weighted by molar-refractivity contribution is -0.115. The summed E-state index contributed by atoms with van der Waals surface area (Å²) in [6, 6.07) is 19.0. The van der Waals surface area contributed by atoms with Crippen molar-refractivity contribution in [1.29, 1.82) is 0 Å². The van der Waals surface area contributed by atoms with Crippen molar-refractivity contribution in [1.82, 2.24) is 9.97 Å². The van der Waals surface area contributed by atoms with Gasteiger partial charge in [0.25, 0.3) is 0 Å². The molecule has 0 aliphatic carbocycles. The van der Waals surface area contributed by atoms with Gasteiger partial charge in [0.15, 0.2) is 0 Å². The molecule has 0 unspecified atom stereocenters. The second-order valence-electron chi connectivity index (χ2n) is 5.96. The summed E-state index contributed by atoms with van der Waals surface area (Å²) < 4.78 is 5.31. The average molecular weight is 375 g/mol. The largest absolute Gasteiger partial charge is 0.496 e. The van der Waals surface area contributed by atoms with E-state index in [1.54, 1.807) is 13.3 Å². The molecule has 0 atom stereocenters. The second kappa shape index (κ2) is 7.55. The van der Waals surface area contributed by atoms with Crippen LogP contribution in [0.2, 0.25) is 0 Å². The van der Waals surface area contributed by atoms with Crippen molar-refractivity contribution >= 4 is 33.3 Å². The molecule has 6 heteroatoms. The van der Waals surface area contributed by atoms with Gasteiger partial charge in [0.05, 0.1) is 13.5 Å². The molecule has 0 fully saturated rings. The number of thiazole rings is 1. The van der Waals surface area contributed by atoms with E-state index in [0.29, 0.717) is 5.75 Å². The minimum Gasteiger partial charge on any atom is -0.496 e. The summed E-state index contributed by atoms with van der Waals surface area (Å²) in [5, 5.41) is 3.83. The van der Waals surface area contributed by atoms with Crippen LogP contribution in [0.4, 0.5) is 5.69 Å². The van der Waals surface area contributed by atoms with E-state index >= 15 is 0 Å². The van der Waals surface area contributed by atoms with Gasteiger partial charge in [0, 0.05) is 23.0 Å². The van der Waals surface area contributed by atoms with Gasteiger partial charge in [-0.25, -0.2) is 9.97 Å². The number of nitrogens with zero attached hydrogens (tertiary/aromatic N) is 2. The highest BCUT2D eigenvalue weighted by Gasteiger charge is 2.11. The van der Waals surface area contributed by atoms with Crippen LogP contribution in [-0.4, -0.2) is 23.0 Å². The summed E-state index contributed by atoms with van der Waals surface area (Å²) in [5.41, 5.74) is 3.42. The highest BCUT2D eigenvalue weighted by Crippen LogP contribution is 2.30. The Labute approximate surface area is 160 Å². The van der Waals surface area contributed by atoms with Crippen LogP contribution in [-0.2, 0) is 11.2 Å². The molecule has 4 rings (SSSR count). The number of para-hydroxylation sites is 1. The summed E-state index contributed by atoms with van der Waals surface area (Å²) in [5.74, 6) is 0.617. The van der Waals surface area contributed by atoms with Crippen LogP contribution < -0.4 is 10.1 Å². The van der Waals surface area contributed by atoms with E-state index in [4.69, 9.17) is 4.74 Å². The number of pyridine rings is 1. The van der Waals surface area contributed by atoms with Gasteiger partial charge in [0.1, 0.15) is 21.1 Å². The molecule has 2 aromatic carbocycles. The van der Waals surface area contributed by atoms with E-state index in [-0.39, 0.29) is 12.3 Å². The lowest BCUT2D eigenvalue weighted by Crippen LogP contribution is -2.14. The molecule has 4 aromatic rings. The van der Waals surface area contributed by atoms with E-state index in [1.165, 1.54) is 11.3 Å². The van der Waals surface area contributed by atoms with Crippen LogP contribution in [0.5, 0.6) is 5.75 Å². The number of nitrogens with one attached hydrogen (secondary N) is 1. The zero-order chi connectivity index (χ0) is 18.6. The van der Waals surface area contributed by atoms with Crippen LogP contribution in [0.15, 0.2) is 66.9 Å². The van der Waals surface area contributed by atoms with Crippen LogP contribution in [0.1, 0.15) is 5.56 Å². The fourth-order valence-corrected chi connectivity index (χ4v) is 3.75. The van der Waals surface area contributed by atoms with Gasteiger partial charge < -0.3 is 10.1 Å². The zero-order valence-corrected chi connectivity index (χ0v) is 15.5. The monoisotopic (exact) mass is 375 g/mol. The fourth-order valence-electron chi connectivity index (χ4n) is 2.85. The van der Waals surface area contributed by atoms with Crippen molar-refractivity contribution in [2.24, 2.45) is 0 Å². The van der Waals surface area contributed by atoms with Gasteiger partial charge in [-0.2, -0.15) is 0 Å². The predicted octanol–water partition coefficient (Wildman–Crippen LogP) is 4.55. The topological polar surface area (TPSA) is 64.1 Å². The molecular weight excluding hydrogens is 358 g/mol. The molecular formula is C21H17N3O2S. The third-order valence-electron chi connectivity index (χ3n) is 4.10. The summed E-state index contributed by atoms with van der Waals surface area (Å²) in [6.07, 6.45) is 2.01. The molecule has 134 valence electrons. The quantitative estimate of drug-likeness (QED) is 0.556. The summed E-state index contributed by atoms with van der Waals surface area (Å²) >= 11 is 1.53. The predicted molar refractivity (Wildman–Crippen MR) is 108 cm³/mol. The molecule has 0 spiro atoms. The SMILES string of the molecule is COc1ccccc1CC(=O)Nc1cccc(-c2nc3cccnc3s2)c1. The Balaban J connectivity index is 1.53. The number of fused-ring (bicyclic) bond motifs is 1. The van der Waals surface area contributed by atoms with Crippen molar-refractivity contribution in [2.45, 2.75) is 6.42 Å². The van der Waals surface area contributed by atoms with Gasteiger partial charge in [-0.05, 0) is 30.3 Å². The number of anilines is 1. The number of rotatable bonds is 5. The fraction of sp³-hybridized carbons (Fsp3) is 0.0952. The van der Waals surface area contributed by atoms with E-state index in [9.17, 15) is 4.79 Å². The summed E-state index contributed by atoms with van der Waals surface area (Å²) in [6.45, 7) is 0. The Morgan fingerprint density at radius 3 is 2.85 bits per heavy atom. The molecule has 1 N–H and O–H groups in total. The Bertz CT molecular complexity index is 1070. The first-order valence-corrected chi connectivity index (χ1v) is 9.28. The lowest BCUT2D eigenvalue weighted by atomic mass is 10.1. The molecule has 0 bridgehead atoms.